The van der Waals surface area contributed by atoms with E-state index in [9.17, 15) is 0 Å². The van der Waals surface area contributed by atoms with Gasteiger partial charge in [-0.3, -0.25) is 0 Å². The Hall–Kier alpha value is -0.860. The number of ether oxygens (including phenoxy) is 1. The Bertz CT molecular complexity index is 457. The third-order valence-corrected chi connectivity index (χ3v) is 5.13. The van der Waals surface area contributed by atoms with Gasteiger partial charge in [0.25, 0.3) is 0 Å². The van der Waals surface area contributed by atoms with Crippen LogP contribution in [0.2, 0.25) is 0 Å². The Labute approximate surface area is 122 Å². The van der Waals surface area contributed by atoms with E-state index in [-0.39, 0.29) is 0 Å². The molecule has 2 heteroatoms. The van der Waals surface area contributed by atoms with Gasteiger partial charge in [0.05, 0.1) is 6.10 Å². The highest BCUT2D eigenvalue weighted by molar-refractivity contribution is 5.35. The van der Waals surface area contributed by atoms with Gasteiger partial charge in [0.1, 0.15) is 0 Å². The second kappa shape index (κ2) is 6.28. The van der Waals surface area contributed by atoms with Crippen molar-refractivity contribution >= 4 is 0 Å². The van der Waals surface area contributed by atoms with E-state index in [4.69, 9.17) is 4.74 Å². The van der Waals surface area contributed by atoms with E-state index < -0.39 is 0 Å². The summed E-state index contributed by atoms with van der Waals surface area (Å²) in [6.45, 7) is 3.16. The van der Waals surface area contributed by atoms with Crippen molar-refractivity contribution in [2.24, 2.45) is 5.92 Å². The van der Waals surface area contributed by atoms with Crippen LogP contribution >= 0.6 is 0 Å². The molecule has 3 atom stereocenters. The lowest BCUT2D eigenvalue weighted by Crippen LogP contribution is -2.30. The summed E-state index contributed by atoms with van der Waals surface area (Å²) in [5, 5.41) is 3.55. The molecule has 0 aromatic heterocycles. The molecule has 0 bridgehead atoms. The van der Waals surface area contributed by atoms with Gasteiger partial charge in [-0.05, 0) is 62.3 Å². The van der Waals surface area contributed by atoms with Crippen molar-refractivity contribution in [1.82, 2.24) is 5.32 Å². The van der Waals surface area contributed by atoms with Crippen molar-refractivity contribution in [2.75, 3.05) is 13.7 Å². The quantitative estimate of drug-likeness (QED) is 0.904. The largest absolute Gasteiger partial charge is 0.378 e. The van der Waals surface area contributed by atoms with E-state index in [2.05, 4.69) is 37.5 Å². The Balaban J connectivity index is 1.85. The average Bonchev–Trinajstić information content (AvgIpc) is 2.96. The fourth-order valence-corrected chi connectivity index (χ4v) is 4.04. The number of hydrogen-bond donors (Lipinski definition) is 1. The van der Waals surface area contributed by atoms with E-state index in [0.717, 1.165) is 13.0 Å². The molecule has 1 aromatic rings. The van der Waals surface area contributed by atoms with E-state index >= 15 is 0 Å². The standard InChI is InChI=1S/C18H27NO/c1-3-17-16(10-11-20-17)18(19-2)15-9-8-13-6-4-5-7-14(13)12-15/h8-9,12,16-19H,3-7,10-11H2,1-2H3. The van der Waals surface area contributed by atoms with Gasteiger partial charge in [0, 0.05) is 18.6 Å². The third-order valence-electron chi connectivity index (χ3n) is 5.13. The molecule has 0 spiro atoms. The van der Waals surface area contributed by atoms with Gasteiger partial charge in [-0.2, -0.15) is 0 Å². The summed E-state index contributed by atoms with van der Waals surface area (Å²) in [5.74, 6) is 0.617. The summed E-state index contributed by atoms with van der Waals surface area (Å²) >= 11 is 0. The fourth-order valence-electron chi connectivity index (χ4n) is 4.04. The molecular weight excluding hydrogens is 246 g/mol. The van der Waals surface area contributed by atoms with Crippen LogP contribution in [0, 0.1) is 5.92 Å². The molecule has 1 aromatic carbocycles. The highest BCUT2D eigenvalue weighted by Gasteiger charge is 2.33. The van der Waals surface area contributed by atoms with Gasteiger partial charge in [0.2, 0.25) is 0 Å². The van der Waals surface area contributed by atoms with E-state index in [0.29, 0.717) is 18.1 Å². The van der Waals surface area contributed by atoms with Crippen LogP contribution in [-0.2, 0) is 17.6 Å². The van der Waals surface area contributed by atoms with Crippen LogP contribution in [0.4, 0.5) is 0 Å². The van der Waals surface area contributed by atoms with Gasteiger partial charge in [0.15, 0.2) is 0 Å². The zero-order valence-corrected chi connectivity index (χ0v) is 12.8. The molecule has 1 N–H and O–H groups in total. The molecule has 2 nitrogen and oxygen atoms in total. The lowest BCUT2D eigenvalue weighted by Gasteiger charge is -2.28. The number of aryl methyl sites for hydroxylation is 2. The van der Waals surface area contributed by atoms with Crippen molar-refractivity contribution in [2.45, 2.75) is 57.6 Å². The molecule has 0 radical (unpaired) electrons. The normalized spacial score (nSPS) is 27.3. The molecule has 0 amide bonds. The van der Waals surface area contributed by atoms with Crippen molar-refractivity contribution < 1.29 is 4.74 Å². The van der Waals surface area contributed by atoms with Crippen molar-refractivity contribution in [3.05, 3.63) is 34.9 Å². The minimum Gasteiger partial charge on any atom is -0.378 e. The first-order valence-corrected chi connectivity index (χ1v) is 8.24. The summed E-state index contributed by atoms with van der Waals surface area (Å²) in [6, 6.07) is 7.61. The molecule has 0 saturated carbocycles. The van der Waals surface area contributed by atoms with Crippen LogP contribution in [0.15, 0.2) is 18.2 Å². The number of hydrogen-bond acceptors (Lipinski definition) is 2. The van der Waals surface area contributed by atoms with Crippen molar-refractivity contribution in [3.63, 3.8) is 0 Å². The summed E-state index contributed by atoms with van der Waals surface area (Å²) in [6.07, 6.45) is 7.96. The average molecular weight is 273 g/mol. The van der Waals surface area contributed by atoms with E-state index in [1.54, 1.807) is 11.1 Å². The van der Waals surface area contributed by atoms with Crippen LogP contribution in [-0.4, -0.2) is 19.8 Å². The van der Waals surface area contributed by atoms with Crippen LogP contribution in [0.5, 0.6) is 0 Å². The first kappa shape index (κ1) is 14.1. The molecule has 20 heavy (non-hydrogen) atoms. The minimum absolute atomic E-state index is 0.420. The Morgan fingerprint density at radius 3 is 2.80 bits per heavy atom. The molecule has 110 valence electrons. The van der Waals surface area contributed by atoms with Gasteiger partial charge >= 0.3 is 0 Å². The Kier molecular flexibility index (Phi) is 4.42. The zero-order chi connectivity index (χ0) is 13.9. The summed E-state index contributed by atoms with van der Waals surface area (Å²) in [7, 11) is 2.09. The smallest absolute Gasteiger partial charge is 0.0619 e. The van der Waals surface area contributed by atoms with Crippen LogP contribution < -0.4 is 5.32 Å². The maximum absolute atomic E-state index is 5.89. The topological polar surface area (TPSA) is 21.3 Å². The van der Waals surface area contributed by atoms with Crippen LogP contribution in [0.3, 0.4) is 0 Å². The second-order valence-corrected chi connectivity index (χ2v) is 6.27. The molecule has 3 unspecified atom stereocenters. The molecule has 1 aliphatic carbocycles. The third kappa shape index (κ3) is 2.64. The maximum atomic E-state index is 5.89. The SMILES string of the molecule is CCC1OCCC1C(NC)c1ccc2c(c1)CCCC2. The summed E-state index contributed by atoms with van der Waals surface area (Å²) < 4.78 is 5.89. The monoisotopic (exact) mass is 273 g/mol. The number of fused-ring (bicyclic) bond motifs is 1. The minimum atomic E-state index is 0.420. The van der Waals surface area contributed by atoms with Gasteiger partial charge in [-0.25, -0.2) is 0 Å². The first-order valence-electron chi connectivity index (χ1n) is 8.24. The fraction of sp³-hybridized carbons (Fsp3) is 0.667. The molecule has 1 heterocycles. The maximum Gasteiger partial charge on any atom is 0.0619 e. The highest BCUT2D eigenvalue weighted by Crippen LogP contribution is 2.36. The molecule has 3 rings (SSSR count). The summed E-state index contributed by atoms with van der Waals surface area (Å²) in [5.41, 5.74) is 4.62. The second-order valence-electron chi connectivity index (χ2n) is 6.27. The first-order chi connectivity index (χ1) is 9.83. The van der Waals surface area contributed by atoms with Crippen LogP contribution in [0.25, 0.3) is 0 Å². The molecular formula is C18H27NO. The highest BCUT2D eigenvalue weighted by atomic mass is 16.5. The number of benzene rings is 1. The molecule has 1 saturated heterocycles. The van der Waals surface area contributed by atoms with Gasteiger partial charge < -0.3 is 10.1 Å². The van der Waals surface area contributed by atoms with Gasteiger partial charge in [-0.15, -0.1) is 0 Å². The molecule has 1 fully saturated rings. The lowest BCUT2D eigenvalue weighted by atomic mass is 9.83. The number of rotatable bonds is 4. The van der Waals surface area contributed by atoms with Crippen LogP contribution in [0.1, 0.15) is 55.3 Å². The van der Waals surface area contributed by atoms with Crippen molar-refractivity contribution in [3.8, 4) is 0 Å². The van der Waals surface area contributed by atoms with Crippen molar-refractivity contribution in [1.29, 1.82) is 0 Å². The Morgan fingerprint density at radius 1 is 1.25 bits per heavy atom. The zero-order valence-electron chi connectivity index (χ0n) is 12.8. The van der Waals surface area contributed by atoms with E-state index in [1.807, 2.05) is 0 Å². The predicted molar refractivity (Wildman–Crippen MR) is 83.0 cm³/mol. The van der Waals surface area contributed by atoms with Gasteiger partial charge in [-0.1, -0.05) is 25.1 Å². The predicted octanol–water partition coefficient (Wildman–Crippen LogP) is 3.64. The number of nitrogens with one attached hydrogen (secondary N) is 1. The molecule has 2 aliphatic rings. The summed E-state index contributed by atoms with van der Waals surface area (Å²) in [4.78, 5) is 0. The molecule has 1 aliphatic heterocycles. The lowest BCUT2D eigenvalue weighted by molar-refractivity contribution is 0.0782. The van der Waals surface area contributed by atoms with E-state index in [1.165, 1.54) is 37.7 Å². The Morgan fingerprint density at radius 2 is 2.05 bits per heavy atom.